The molecule has 94 valence electrons. The average molecular weight is 264 g/mol. The van der Waals surface area contributed by atoms with Gasteiger partial charge < -0.3 is 5.32 Å². The van der Waals surface area contributed by atoms with Crippen molar-refractivity contribution in [2.24, 2.45) is 5.84 Å². The van der Waals surface area contributed by atoms with E-state index >= 15 is 0 Å². The van der Waals surface area contributed by atoms with Gasteiger partial charge in [-0.05, 0) is 12.0 Å². The van der Waals surface area contributed by atoms with Crippen molar-refractivity contribution >= 4 is 23.4 Å². The topological polar surface area (TPSA) is 75.9 Å². The van der Waals surface area contributed by atoms with E-state index in [4.69, 9.17) is 17.4 Å². The summed E-state index contributed by atoms with van der Waals surface area (Å²) in [5.74, 6) is 6.16. The summed E-state index contributed by atoms with van der Waals surface area (Å²) in [5.41, 5.74) is 3.64. The van der Waals surface area contributed by atoms with Crippen LogP contribution >= 0.6 is 11.6 Å². The molecule has 5 nitrogen and oxygen atoms in total. The predicted molar refractivity (Wildman–Crippen MR) is 73.5 cm³/mol. The lowest BCUT2D eigenvalue weighted by atomic mass is 10.1. The van der Waals surface area contributed by atoms with E-state index in [1.165, 1.54) is 11.8 Å². The molecule has 0 spiro atoms. The molecular weight excluding hydrogens is 250 g/mol. The number of anilines is 2. The number of halogens is 1. The Kier molecular flexibility index (Phi) is 4.33. The number of nitrogens with one attached hydrogen (secondary N) is 2. The number of hydrogen-bond acceptors (Lipinski definition) is 5. The van der Waals surface area contributed by atoms with Crippen LogP contribution in [-0.4, -0.2) is 16.5 Å². The molecule has 0 unspecified atom stereocenters. The molecule has 0 aliphatic rings. The van der Waals surface area contributed by atoms with Gasteiger partial charge in [-0.3, -0.25) is 5.43 Å². The Labute approximate surface area is 110 Å². The molecule has 18 heavy (non-hydrogen) atoms. The predicted octanol–water partition coefficient (Wildman–Crippen LogP) is 2.07. The minimum absolute atomic E-state index is 0.335. The number of hydrogen-bond donors (Lipinski definition) is 3. The molecule has 6 heteroatoms. The lowest BCUT2D eigenvalue weighted by Gasteiger charge is -2.08. The van der Waals surface area contributed by atoms with E-state index in [0.717, 1.165) is 13.0 Å². The third-order valence-electron chi connectivity index (χ3n) is 2.42. The second kappa shape index (κ2) is 6.18. The zero-order valence-electron chi connectivity index (χ0n) is 9.73. The standard InChI is InChI=1S/C12H14ClN5/c13-10-8-16-12(18-14)17-11(10)15-7-6-9-4-2-1-3-5-9/h1-5,8H,6-7,14H2,(H2,15,16,17,18). The summed E-state index contributed by atoms with van der Waals surface area (Å²) >= 11 is 5.98. The van der Waals surface area contributed by atoms with Crippen molar-refractivity contribution in [3.8, 4) is 0 Å². The van der Waals surface area contributed by atoms with Crippen LogP contribution in [0.5, 0.6) is 0 Å². The SMILES string of the molecule is NNc1ncc(Cl)c(NCCc2ccccc2)n1. The van der Waals surface area contributed by atoms with Gasteiger partial charge in [0.15, 0.2) is 5.82 Å². The van der Waals surface area contributed by atoms with E-state index < -0.39 is 0 Å². The minimum atomic E-state index is 0.335. The number of hydrazine groups is 1. The molecule has 0 saturated heterocycles. The fourth-order valence-corrected chi connectivity index (χ4v) is 1.69. The highest BCUT2D eigenvalue weighted by Gasteiger charge is 2.03. The van der Waals surface area contributed by atoms with Crippen LogP contribution in [0.3, 0.4) is 0 Å². The molecule has 4 N–H and O–H groups in total. The Hall–Kier alpha value is -1.85. The highest BCUT2D eigenvalue weighted by Crippen LogP contribution is 2.18. The van der Waals surface area contributed by atoms with E-state index in [1.807, 2.05) is 18.2 Å². The maximum Gasteiger partial charge on any atom is 0.239 e. The summed E-state index contributed by atoms with van der Waals surface area (Å²) in [4.78, 5) is 8.04. The summed E-state index contributed by atoms with van der Waals surface area (Å²) < 4.78 is 0. The second-order valence-corrected chi connectivity index (χ2v) is 4.10. The molecule has 1 aromatic heterocycles. The van der Waals surface area contributed by atoms with E-state index in [0.29, 0.717) is 16.8 Å². The van der Waals surface area contributed by atoms with Crippen LogP contribution in [0, 0.1) is 0 Å². The van der Waals surface area contributed by atoms with Gasteiger partial charge >= 0.3 is 0 Å². The van der Waals surface area contributed by atoms with E-state index in [1.54, 1.807) is 0 Å². The smallest absolute Gasteiger partial charge is 0.239 e. The first-order chi connectivity index (χ1) is 8.79. The highest BCUT2D eigenvalue weighted by atomic mass is 35.5. The quantitative estimate of drug-likeness (QED) is 0.569. The molecule has 0 saturated carbocycles. The molecule has 1 aromatic carbocycles. The van der Waals surface area contributed by atoms with Crippen molar-refractivity contribution in [2.45, 2.75) is 6.42 Å². The lowest BCUT2D eigenvalue weighted by molar-refractivity contribution is 0.997. The zero-order valence-corrected chi connectivity index (χ0v) is 10.5. The molecule has 0 aliphatic carbocycles. The monoisotopic (exact) mass is 263 g/mol. The van der Waals surface area contributed by atoms with Gasteiger partial charge in [-0.1, -0.05) is 41.9 Å². The summed E-state index contributed by atoms with van der Waals surface area (Å²) in [6, 6.07) is 10.2. The van der Waals surface area contributed by atoms with Gasteiger partial charge in [-0.15, -0.1) is 0 Å². The Morgan fingerprint density at radius 2 is 2.00 bits per heavy atom. The van der Waals surface area contributed by atoms with E-state index in [9.17, 15) is 0 Å². The Morgan fingerprint density at radius 3 is 2.72 bits per heavy atom. The van der Waals surface area contributed by atoms with Crippen LogP contribution in [0.1, 0.15) is 5.56 Å². The van der Waals surface area contributed by atoms with Gasteiger partial charge in [0.25, 0.3) is 0 Å². The molecule has 0 fully saturated rings. The van der Waals surface area contributed by atoms with Gasteiger partial charge in [-0.2, -0.15) is 4.98 Å². The molecule has 0 aliphatic heterocycles. The van der Waals surface area contributed by atoms with Gasteiger partial charge in [0.1, 0.15) is 5.02 Å². The number of nitrogens with two attached hydrogens (primary N) is 1. The van der Waals surface area contributed by atoms with Gasteiger partial charge in [-0.25, -0.2) is 10.8 Å². The zero-order chi connectivity index (χ0) is 12.8. The van der Waals surface area contributed by atoms with Crippen molar-refractivity contribution in [3.05, 3.63) is 47.1 Å². The van der Waals surface area contributed by atoms with Crippen LogP contribution in [-0.2, 0) is 6.42 Å². The molecule has 2 aromatic rings. The van der Waals surface area contributed by atoms with E-state index in [2.05, 4.69) is 32.8 Å². The number of rotatable bonds is 5. The van der Waals surface area contributed by atoms with E-state index in [-0.39, 0.29) is 0 Å². The number of aromatic nitrogens is 2. The first-order valence-electron chi connectivity index (χ1n) is 5.56. The van der Waals surface area contributed by atoms with Crippen LogP contribution in [0.15, 0.2) is 36.5 Å². The molecule has 2 rings (SSSR count). The summed E-state index contributed by atoms with van der Waals surface area (Å²) in [6.07, 6.45) is 2.40. The Morgan fingerprint density at radius 1 is 1.22 bits per heavy atom. The molecule has 1 heterocycles. The van der Waals surface area contributed by atoms with Crippen LogP contribution < -0.4 is 16.6 Å². The van der Waals surface area contributed by atoms with Crippen molar-refractivity contribution in [1.29, 1.82) is 0 Å². The van der Waals surface area contributed by atoms with Gasteiger partial charge in [0, 0.05) is 6.54 Å². The minimum Gasteiger partial charge on any atom is -0.368 e. The first kappa shape index (κ1) is 12.6. The second-order valence-electron chi connectivity index (χ2n) is 3.70. The Balaban J connectivity index is 1.94. The average Bonchev–Trinajstić information content (AvgIpc) is 2.42. The van der Waals surface area contributed by atoms with Gasteiger partial charge in [0.05, 0.1) is 6.20 Å². The van der Waals surface area contributed by atoms with Crippen LogP contribution in [0.4, 0.5) is 11.8 Å². The van der Waals surface area contributed by atoms with Crippen LogP contribution in [0.2, 0.25) is 5.02 Å². The summed E-state index contributed by atoms with van der Waals surface area (Å²) in [7, 11) is 0. The molecule has 0 bridgehead atoms. The summed E-state index contributed by atoms with van der Waals surface area (Å²) in [6.45, 7) is 0.741. The fraction of sp³-hybridized carbons (Fsp3) is 0.167. The Bertz CT molecular complexity index is 503. The maximum absolute atomic E-state index is 5.98. The maximum atomic E-state index is 5.98. The van der Waals surface area contributed by atoms with Gasteiger partial charge in [0.2, 0.25) is 5.95 Å². The van der Waals surface area contributed by atoms with Crippen molar-refractivity contribution in [2.75, 3.05) is 17.3 Å². The van der Waals surface area contributed by atoms with Crippen molar-refractivity contribution in [1.82, 2.24) is 9.97 Å². The van der Waals surface area contributed by atoms with Crippen molar-refractivity contribution in [3.63, 3.8) is 0 Å². The highest BCUT2D eigenvalue weighted by molar-refractivity contribution is 6.32. The third kappa shape index (κ3) is 3.32. The first-order valence-corrected chi connectivity index (χ1v) is 5.94. The number of nitrogen functional groups attached to an aromatic ring is 1. The molecule has 0 atom stereocenters. The molecular formula is C12H14ClN5. The lowest BCUT2D eigenvalue weighted by Crippen LogP contribution is -2.13. The number of nitrogens with zero attached hydrogens (tertiary/aromatic N) is 2. The normalized spacial score (nSPS) is 10.1. The third-order valence-corrected chi connectivity index (χ3v) is 2.70. The molecule has 0 amide bonds. The summed E-state index contributed by atoms with van der Waals surface area (Å²) in [5, 5.41) is 3.63. The number of benzene rings is 1. The van der Waals surface area contributed by atoms with Crippen molar-refractivity contribution < 1.29 is 0 Å². The molecule has 0 radical (unpaired) electrons. The van der Waals surface area contributed by atoms with Crippen LogP contribution in [0.25, 0.3) is 0 Å². The largest absolute Gasteiger partial charge is 0.368 e. The fourth-order valence-electron chi connectivity index (χ4n) is 1.53.